The van der Waals surface area contributed by atoms with Crippen LogP contribution < -0.4 is 5.73 Å². The molecule has 1 aliphatic rings. The van der Waals surface area contributed by atoms with E-state index in [0.717, 1.165) is 12.1 Å². The smallest absolute Gasteiger partial charge is 0.226 e. The van der Waals surface area contributed by atoms with E-state index >= 15 is 0 Å². The van der Waals surface area contributed by atoms with Gasteiger partial charge in [0, 0.05) is 19.3 Å². The number of hydrogen-bond donors (Lipinski definition) is 1. The standard InChI is InChI=1S/C15H22N2O/c1-17(11-12-6-2-3-7-12)15(18)10-13-8-4-5-9-14(13)16/h4-5,8-9,12H,2-3,6-7,10-11,16H2,1H3. The SMILES string of the molecule is CN(CC1CCCC1)C(=O)Cc1ccccc1N. The van der Waals surface area contributed by atoms with Crippen molar-refractivity contribution >= 4 is 11.6 Å². The molecule has 2 N–H and O–H groups in total. The highest BCUT2D eigenvalue weighted by Gasteiger charge is 2.19. The zero-order valence-corrected chi connectivity index (χ0v) is 11.1. The van der Waals surface area contributed by atoms with E-state index in [2.05, 4.69) is 0 Å². The van der Waals surface area contributed by atoms with Gasteiger partial charge in [-0.25, -0.2) is 0 Å². The van der Waals surface area contributed by atoms with Crippen molar-refractivity contribution in [1.82, 2.24) is 4.90 Å². The Morgan fingerprint density at radius 2 is 2.00 bits per heavy atom. The van der Waals surface area contributed by atoms with Crippen LogP contribution in [0.3, 0.4) is 0 Å². The molecule has 0 heterocycles. The minimum absolute atomic E-state index is 0.166. The van der Waals surface area contributed by atoms with Crippen molar-refractivity contribution in [3.8, 4) is 0 Å². The summed E-state index contributed by atoms with van der Waals surface area (Å²) in [7, 11) is 1.90. The molecule has 0 saturated heterocycles. The van der Waals surface area contributed by atoms with Gasteiger partial charge in [-0.3, -0.25) is 4.79 Å². The molecule has 0 aromatic heterocycles. The number of rotatable bonds is 4. The van der Waals surface area contributed by atoms with E-state index in [4.69, 9.17) is 5.73 Å². The number of benzene rings is 1. The second-order valence-corrected chi connectivity index (χ2v) is 5.30. The van der Waals surface area contributed by atoms with Gasteiger partial charge in [-0.05, 0) is 30.4 Å². The minimum Gasteiger partial charge on any atom is -0.398 e. The van der Waals surface area contributed by atoms with E-state index < -0.39 is 0 Å². The minimum atomic E-state index is 0.166. The van der Waals surface area contributed by atoms with Gasteiger partial charge in [0.1, 0.15) is 0 Å². The summed E-state index contributed by atoms with van der Waals surface area (Å²) in [6.45, 7) is 0.894. The van der Waals surface area contributed by atoms with Crippen LogP contribution in [0.5, 0.6) is 0 Å². The van der Waals surface area contributed by atoms with Crippen molar-refractivity contribution in [2.24, 2.45) is 5.92 Å². The quantitative estimate of drug-likeness (QED) is 0.829. The lowest BCUT2D eigenvalue weighted by atomic mass is 10.1. The second kappa shape index (κ2) is 5.89. The number of carbonyl (C=O) groups is 1. The zero-order valence-electron chi connectivity index (χ0n) is 11.1. The third kappa shape index (κ3) is 3.25. The van der Waals surface area contributed by atoms with E-state index in [1.165, 1.54) is 25.7 Å². The molecule has 1 fully saturated rings. The first kappa shape index (κ1) is 12.9. The molecule has 2 rings (SSSR count). The van der Waals surface area contributed by atoms with Gasteiger partial charge < -0.3 is 10.6 Å². The molecule has 0 unspecified atom stereocenters. The van der Waals surface area contributed by atoms with Crippen LogP contribution in [-0.4, -0.2) is 24.4 Å². The van der Waals surface area contributed by atoms with Gasteiger partial charge in [-0.2, -0.15) is 0 Å². The molecule has 18 heavy (non-hydrogen) atoms. The van der Waals surface area contributed by atoms with Gasteiger partial charge in [-0.15, -0.1) is 0 Å². The van der Waals surface area contributed by atoms with Crippen LogP contribution in [0, 0.1) is 5.92 Å². The summed E-state index contributed by atoms with van der Waals surface area (Å²) in [5.74, 6) is 0.867. The van der Waals surface area contributed by atoms with Crippen molar-refractivity contribution in [3.63, 3.8) is 0 Å². The highest BCUT2D eigenvalue weighted by molar-refractivity contribution is 5.80. The van der Waals surface area contributed by atoms with E-state index in [-0.39, 0.29) is 5.91 Å². The second-order valence-electron chi connectivity index (χ2n) is 5.30. The Hall–Kier alpha value is -1.51. The van der Waals surface area contributed by atoms with Gasteiger partial charge in [0.25, 0.3) is 0 Å². The highest BCUT2D eigenvalue weighted by atomic mass is 16.2. The Morgan fingerprint density at radius 3 is 2.67 bits per heavy atom. The highest BCUT2D eigenvalue weighted by Crippen LogP contribution is 2.25. The van der Waals surface area contributed by atoms with Crippen LogP contribution in [-0.2, 0) is 11.2 Å². The Morgan fingerprint density at radius 1 is 1.33 bits per heavy atom. The van der Waals surface area contributed by atoms with Crippen molar-refractivity contribution in [1.29, 1.82) is 0 Å². The van der Waals surface area contributed by atoms with E-state index in [1.54, 1.807) is 0 Å². The lowest BCUT2D eigenvalue weighted by Gasteiger charge is -2.21. The molecule has 1 amide bonds. The van der Waals surface area contributed by atoms with Gasteiger partial charge >= 0.3 is 0 Å². The first-order valence-electron chi connectivity index (χ1n) is 6.74. The first-order chi connectivity index (χ1) is 8.66. The van der Waals surface area contributed by atoms with E-state index in [1.807, 2.05) is 36.2 Å². The largest absolute Gasteiger partial charge is 0.398 e. The number of carbonyl (C=O) groups excluding carboxylic acids is 1. The monoisotopic (exact) mass is 246 g/mol. The average Bonchev–Trinajstić information content (AvgIpc) is 2.84. The fraction of sp³-hybridized carbons (Fsp3) is 0.533. The van der Waals surface area contributed by atoms with Crippen LogP contribution >= 0.6 is 0 Å². The third-order valence-corrected chi connectivity index (χ3v) is 3.83. The summed E-state index contributed by atoms with van der Waals surface area (Å²) in [6, 6.07) is 7.59. The van der Waals surface area contributed by atoms with Crippen molar-refractivity contribution in [2.45, 2.75) is 32.1 Å². The van der Waals surface area contributed by atoms with Gasteiger partial charge in [0.2, 0.25) is 5.91 Å². The maximum atomic E-state index is 12.1. The molecule has 0 bridgehead atoms. The predicted molar refractivity (Wildman–Crippen MR) is 74.2 cm³/mol. The average molecular weight is 246 g/mol. The molecule has 1 aromatic rings. The number of hydrogen-bond acceptors (Lipinski definition) is 2. The number of amides is 1. The van der Waals surface area contributed by atoms with Crippen molar-refractivity contribution in [3.05, 3.63) is 29.8 Å². The zero-order chi connectivity index (χ0) is 13.0. The normalized spacial score (nSPS) is 15.8. The molecular weight excluding hydrogens is 224 g/mol. The summed E-state index contributed by atoms with van der Waals surface area (Å²) in [6.07, 6.45) is 5.59. The van der Waals surface area contributed by atoms with Crippen LogP contribution in [0.25, 0.3) is 0 Å². The van der Waals surface area contributed by atoms with Crippen molar-refractivity contribution < 1.29 is 4.79 Å². The van der Waals surface area contributed by atoms with Crippen LogP contribution in [0.2, 0.25) is 0 Å². The van der Waals surface area contributed by atoms with Crippen LogP contribution in [0.1, 0.15) is 31.2 Å². The Labute approximate surface area is 109 Å². The first-order valence-corrected chi connectivity index (χ1v) is 6.74. The number of nitrogens with two attached hydrogens (primary N) is 1. The lowest BCUT2D eigenvalue weighted by molar-refractivity contribution is -0.129. The molecular formula is C15H22N2O. The summed E-state index contributed by atoms with van der Waals surface area (Å²) in [4.78, 5) is 14.0. The molecule has 0 aliphatic heterocycles. The number of para-hydroxylation sites is 1. The topological polar surface area (TPSA) is 46.3 Å². The van der Waals surface area contributed by atoms with Gasteiger partial charge in [0.15, 0.2) is 0 Å². The molecule has 3 heteroatoms. The molecule has 0 atom stereocenters. The number of likely N-dealkylation sites (N-methyl/N-ethyl adjacent to an activating group) is 1. The molecule has 1 aliphatic carbocycles. The number of anilines is 1. The predicted octanol–water partition coefficient (Wildman–Crippen LogP) is 2.46. The van der Waals surface area contributed by atoms with Crippen molar-refractivity contribution in [2.75, 3.05) is 19.3 Å². The summed E-state index contributed by atoms with van der Waals surface area (Å²) in [5.41, 5.74) is 7.50. The maximum Gasteiger partial charge on any atom is 0.226 e. The van der Waals surface area contributed by atoms with Gasteiger partial charge in [-0.1, -0.05) is 31.0 Å². The Balaban J connectivity index is 1.89. The van der Waals surface area contributed by atoms with E-state index in [9.17, 15) is 4.79 Å². The third-order valence-electron chi connectivity index (χ3n) is 3.83. The Kier molecular flexibility index (Phi) is 4.24. The molecule has 1 aromatic carbocycles. The van der Waals surface area contributed by atoms with E-state index in [0.29, 0.717) is 18.0 Å². The van der Waals surface area contributed by atoms with Crippen LogP contribution in [0.15, 0.2) is 24.3 Å². The van der Waals surface area contributed by atoms with Gasteiger partial charge in [0.05, 0.1) is 6.42 Å². The fourth-order valence-corrected chi connectivity index (χ4v) is 2.68. The maximum absolute atomic E-state index is 12.1. The number of nitrogens with zero attached hydrogens (tertiary/aromatic N) is 1. The van der Waals surface area contributed by atoms with Crippen LogP contribution in [0.4, 0.5) is 5.69 Å². The summed E-state index contributed by atoms with van der Waals surface area (Å²) < 4.78 is 0. The number of nitrogen functional groups attached to an aromatic ring is 1. The molecule has 3 nitrogen and oxygen atoms in total. The summed E-state index contributed by atoms with van der Waals surface area (Å²) >= 11 is 0. The molecule has 1 saturated carbocycles. The molecule has 0 radical (unpaired) electrons. The Bertz CT molecular complexity index is 411. The molecule has 0 spiro atoms. The summed E-state index contributed by atoms with van der Waals surface area (Å²) in [5, 5.41) is 0. The lowest BCUT2D eigenvalue weighted by Crippen LogP contribution is -2.32. The fourth-order valence-electron chi connectivity index (χ4n) is 2.68. The molecule has 98 valence electrons.